The number of piperazine rings is 1. The summed E-state index contributed by atoms with van der Waals surface area (Å²) in [5.74, 6) is 0. The summed E-state index contributed by atoms with van der Waals surface area (Å²) in [6, 6.07) is 2.39. The zero-order valence-electron chi connectivity index (χ0n) is 11.8. The Morgan fingerprint density at radius 1 is 1.18 bits per heavy atom. The van der Waals surface area contributed by atoms with Crippen molar-refractivity contribution in [2.75, 3.05) is 33.2 Å². The lowest BCUT2D eigenvalue weighted by Gasteiger charge is -2.40. The molecule has 1 aliphatic heterocycles. The van der Waals surface area contributed by atoms with E-state index in [-0.39, 0.29) is 0 Å². The van der Waals surface area contributed by atoms with Crippen LogP contribution in [-0.4, -0.2) is 61.2 Å². The van der Waals surface area contributed by atoms with Crippen molar-refractivity contribution in [2.24, 2.45) is 0 Å². The molecule has 1 heterocycles. The van der Waals surface area contributed by atoms with Crippen LogP contribution < -0.4 is 5.32 Å². The lowest BCUT2D eigenvalue weighted by Crippen LogP contribution is -2.52. The van der Waals surface area contributed by atoms with Crippen LogP contribution >= 0.6 is 0 Å². The standard InChI is InChI=1S/C14H29N3/c1-4-12(2)16-7-9-17(10-8-16)14-6-5-13(11-14)15-3/h12-15H,4-11H2,1-3H3. The SMILES string of the molecule is CCC(C)N1CCN(C2CCC(NC)C2)CC1. The van der Waals surface area contributed by atoms with Gasteiger partial charge in [0.1, 0.15) is 0 Å². The molecule has 1 aliphatic carbocycles. The summed E-state index contributed by atoms with van der Waals surface area (Å²) >= 11 is 0. The topological polar surface area (TPSA) is 18.5 Å². The van der Waals surface area contributed by atoms with Gasteiger partial charge in [-0.3, -0.25) is 9.80 Å². The maximum absolute atomic E-state index is 3.43. The third kappa shape index (κ3) is 3.21. The summed E-state index contributed by atoms with van der Waals surface area (Å²) < 4.78 is 0. The zero-order chi connectivity index (χ0) is 12.3. The number of rotatable bonds is 4. The highest BCUT2D eigenvalue weighted by molar-refractivity contribution is 4.88. The van der Waals surface area contributed by atoms with Gasteiger partial charge in [-0.1, -0.05) is 6.92 Å². The quantitative estimate of drug-likeness (QED) is 0.803. The minimum atomic E-state index is 0.769. The van der Waals surface area contributed by atoms with Crippen molar-refractivity contribution in [3.63, 3.8) is 0 Å². The summed E-state index contributed by atoms with van der Waals surface area (Å²) in [6.07, 6.45) is 5.41. The molecular weight excluding hydrogens is 210 g/mol. The van der Waals surface area contributed by atoms with Crippen LogP contribution in [0.15, 0.2) is 0 Å². The van der Waals surface area contributed by atoms with E-state index in [9.17, 15) is 0 Å². The third-order valence-corrected chi connectivity index (χ3v) is 4.89. The van der Waals surface area contributed by atoms with Gasteiger partial charge in [-0.2, -0.15) is 0 Å². The van der Waals surface area contributed by atoms with Crippen molar-refractivity contribution in [1.29, 1.82) is 0 Å². The molecule has 3 nitrogen and oxygen atoms in total. The Kier molecular flexibility index (Phi) is 4.83. The third-order valence-electron chi connectivity index (χ3n) is 4.89. The highest BCUT2D eigenvalue weighted by Gasteiger charge is 2.30. The van der Waals surface area contributed by atoms with Crippen LogP contribution in [0.5, 0.6) is 0 Å². The molecule has 0 aromatic carbocycles. The monoisotopic (exact) mass is 239 g/mol. The first kappa shape index (κ1) is 13.3. The summed E-state index contributed by atoms with van der Waals surface area (Å²) in [6.45, 7) is 9.77. The predicted molar refractivity (Wildman–Crippen MR) is 73.4 cm³/mol. The van der Waals surface area contributed by atoms with Crippen molar-refractivity contribution in [2.45, 2.75) is 57.7 Å². The van der Waals surface area contributed by atoms with E-state index in [4.69, 9.17) is 0 Å². The van der Waals surface area contributed by atoms with Crippen LogP contribution in [0.25, 0.3) is 0 Å². The van der Waals surface area contributed by atoms with Gasteiger partial charge in [-0.25, -0.2) is 0 Å². The molecule has 0 aromatic rings. The molecule has 3 unspecified atom stereocenters. The first-order valence-corrected chi connectivity index (χ1v) is 7.40. The summed E-state index contributed by atoms with van der Waals surface area (Å²) in [5, 5.41) is 3.43. The van der Waals surface area contributed by atoms with E-state index in [0.29, 0.717) is 0 Å². The number of nitrogens with zero attached hydrogens (tertiary/aromatic N) is 2. The molecule has 0 bridgehead atoms. The Hall–Kier alpha value is -0.120. The van der Waals surface area contributed by atoms with Gasteiger partial charge >= 0.3 is 0 Å². The lowest BCUT2D eigenvalue weighted by atomic mass is 10.1. The van der Waals surface area contributed by atoms with Gasteiger partial charge in [0.15, 0.2) is 0 Å². The van der Waals surface area contributed by atoms with Gasteiger partial charge in [-0.05, 0) is 39.7 Å². The molecule has 2 aliphatic rings. The predicted octanol–water partition coefficient (Wildman–Crippen LogP) is 1.54. The zero-order valence-corrected chi connectivity index (χ0v) is 11.8. The molecule has 1 saturated carbocycles. The molecule has 3 heteroatoms. The maximum Gasteiger partial charge on any atom is 0.0113 e. The highest BCUT2D eigenvalue weighted by Crippen LogP contribution is 2.25. The van der Waals surface area contributed by atoms with Crippen molar-refractivity contribution >= 4 is 0 Å². The number of hydrogen-bond donors (Lipinski definition) is 1. The molecule has 2 fully saturated rings. The van der Waals surface area contributed by atoms with E-state index < -0.39 is 0 Å². The van der Waals surface area contributed by atoms with Crippen molar-refractivity contribution in [3.05, 3.63) is 0 Å². The molecule has 1 saturated heterocycles. The van der Waals surface area contributed by atoms with E-state index in [0.717, 1.165) is 18.1 Å². The fourth-order valence-corrected chi connectivity index (χ4v) is 3.35. The fraction of sp³-hybridized carbons (Fsp3) is 1.00. The van der Waals surface area contributed by atoms with Gasteiger partial charge < -0.3 is 5.32 Å². The minimum absolute atomic E-state index is 0.769. The van der Waals surface area contributed by atoms with E-state index >= 15 is 0 Å². The molecule has 0 amide bonds. The fourth-order valence-electron chi connectivity index (χ4n) is 3.35. The van der Waals surface area contributed by atoms with Gasteiger partial charge in [0.05, 0.1) is 0 Å². The van der Waals surface area contributed by atoms with Crippen molar-refractivity contribution in [1.82, 2.24) is 15.1 Å². The molecule has 2 rings (SSSR count). The van der Waals surface area contributed by atoms with Gasteiger partial charge in [0.25, 0.3) is 0 Å². The van der Waals surface area contributed by atoms with Crippen molar-refractivity contribution < 1.29 is 0 Å². The molecular formula is C14H29N3. The van der Waals surface area contributed by atoms with Crippen LogP contribution in [0, 0.1) is 0 Å². The Labute approximate surface area is 107 Å². The summed E-state index contributed by atoms with van der Waals surface area (Å²) in [4.78, 5) is 5.39. The molecule has 100 valence electrons. The molecule has 0 radical (unpaired) electrons. The smallest absolute Gasteiger partial charge is 0.0113 e. The first-order chi connectivity index (χ1) is 8.24. The van der Waals surface area contributed by atoms with E-state index in [1.807, 2.05) is 0 Å². The van der Waals surface area contributed by atoms with Gasteiger partial charge in [0, 0.05) is 44.3 Å². The Bertz CT molecular complexity index is 224. The highest BCUT2D eigenvalue weighted by atomic mass is 15.3. The summed E-state index contributed by atoms with van der Waals surface area (Å²) in [7, 11) is 2.11. The molecule has 1 N–H and O–H groups in total. The molecule has 0 aromatic heterocycles. The average Bonchev–Trinajstić information content (AvgIpc) is 2.87. The Balaban J connectivity index is 1.76. The van der Waals surface area contributed by atoms with Crippen molar-refractivity contribution in [3.8, 4) is 0 Å². The molecule has 0 spiro atoms. The van der Waals surface area contributed by atoms with E-state index in [1.165, 1.54) is 51.9 Å². The normalized spacial score (nSPS) is 34.1. The average molecular weight is 239 g/mol. The second-order valence-corrected chi connectivity index (χ2v) is 5.78. The van der Waals surface area contributed by atoms with E-state index in [2.05, 4.69) is 36.0 Å². The van der Waals surface area contributed by atoms with Crippen LogP contribution in [0.2, 0.25) is 0 Å². The van der Waals surface area contributed by atoms with Crippen LogP contribution in [0.1, 0.15) is 39.5 Å². The second-order valence-electron chi connectivity index (χ2n) is 5.78. The lowest BCUT2D eigenvalue weighted by molar-refractivity contribution is 0.0735. The second kappa shape index (κ2) is 6.17. The Morgan fingerprint density at radius 3 is 2.41 bits per heavy atom. The largest absolute Gasteiger partial charge is 0.317 e. The van der Waals surface area contributed by atoms with Crippen LogP contribution in [0.3, 0.4) is 0 Å². The van der Waals surface area contributed by atoms with Crippen LogP contribution in [-0.2, 0) is 0 Å². The van der Waals surface area contributed by atoms with Gasteiger partial charge in [-0.15, -0.1) is 0 Å². The van der Waals surface area contributed by atoms with Crippen LogP contribution in [0.4, 0.5) is 0 Å². The molecule has 3 atom stereocenters. The molecule has 17 heavy (non-hydrogen) atoms. The van der Waals surface area contributed by atoms with Gasteiger partial charge in [0.2, 0.25) is 0 Å². The Morgan fingerprint density at radius 2 is 1.88 bits per heavy atom. The maximum atomic E-state index is 3.43. The number of hydrogen-bond acceptors (Lipinski definition) is 3. The summed E-state index contributed by atoms with van der Waals surface area (Å²) in [5.41, 5.74) is 0. The van der Waals surface area contributed by atoms with E-state index in [1.54, 1.807) is 0 Å². The first-order valence-electron chi connectivity index (χ1n) is 7.40. The number of nitrogens with one attached hydrogen (secondary N) is 1. The minimum Gasteiger partial charge on any atom is -0.317 e.